The van der Waals surface area contributed by atoms with E-state index in [0.717, 1.165) is 30.0 Å². The number of anilines is 1. The highest BCUT2D eigenvalue weighted by molar-refractivity contribution is 7.99. The molecule has 0 fully saturated rings. The Morgan fingerprint density at radius 2 is 1.74 bits per heavy atom. The number of ether oxygens (including phenoxy) is 1. The van der Waals surface area contributed by atoms with Crippen LogP contribution in [0.25, 0.3) is 5.69 Å². The van der Waals surface area contributed by atoms with Gasteiger partial charge in [-0.3, -0.25) is 14.2 Å². The normalized spacial score (nSPS) is 11.2. The molecule has 0 unspecified atom stereocenters. The lowest BCUT2D eigenvalue weighted by molar-refractivity contribution is -0.137. The number of thioether (sulfide) groups is 1. The van der Waals surface area contributed by atoms with E-state index in [1.54, 1.807) is 24.3 Å². The Kier molecular flexibility index (Phi) is 8.49. The first-order valence-corrected chi connectivity index (χ1v) is 12.4. The van der Waals surface area contributed by atoms with Crippen molar-refractivity contribution in [3.63, 3.8) is 0 Å². The molecule has 0 spiro atoms. The summed E-state index contributed by atoms with van der Waals surface area (Å²) in [6.07, 6.45) is -4.60. The number of alkyl halides is 3. The van der Waals surface area contributed by atoms with Crippen LogP contribution in [0.3, 0.4) is 0 Å². The van der Waals surface area contributed by atoms with Crippen molar-refractivity contribution in [2.45, 2.75) is 17.9 Å². The molecule has 0 radical (unpaired) electrons. The van der Waals surface area contributed by atoms with Gasteiger partial charge in [0, 0.05) is 5.69 Å². The molecule has 1 aromatic heterocycles. The van der Waals surface area contributed by atoms with Crippen LogP contribution in [0.15, 0.2) is 78.0 Å². The minimum atomic E-state index is -4.60. The molecule has 3 aromatic carbocycles. The number of hydrogen-bond donors (Lipinski definition) is 2. The Labute approximate surface area is 224 Å². The van der Waals surface area contributed by atoms with Crippen LogP contribution in [0.5, 0.6) is 5.75 Å². The fourth-order valence-electron chi connectivity index (χ4n) is 3.49. The average Bonchev–Trinajstić information content (AvgIpc) is 3.33. The van der Waals surface area contributed by atoms with Crippen molar-refractivity contribution in [3.05, 3.63) is 95.6 Å². The fraction of sp³-hybridized carbons (Fsp3) is 0.154. The zero-order valence-electron chi connectivity index (χ0n) is 20.3. The van der Waals surface area contributed by atoms with Crippen molar-refractivity contribution in [2.24, 2.45) is 0 Å². The van der Waals surface area contributed by atoms with Gasteiger partial charge in [-0.1, -0.05) is 30.0 Å². The molecular weight excluding hydrogens is 538 g/mol. The molecule has 0 aliphatic rings. The lowest BCUT2D eigenvalue weighted by Crippen LogP contribution is -2.25. The number of rotatable bonds is 9. The summed E-state index contributed by atoms with van der Waals surface area (Å²) in [6.45, 7) is -0.269. The maximum Gasteiger partial charge on any atom is 0.416 e. The molecule has 2 N–H and O–H groups in total. The van der Waals surface area contributed by atoms with Crippen LogP contribution in [0.1, 0.15) is 21.7 Å². The second kappa shape index (κ2) is 12.0. The maximum atomic E-state index is 14.0. The van der Waals surface area contributed by atoms with Crippen molar-refractivity contribution in [1.29, 1.82) is 0 Å². The predicted molar refractivity (Wildman–Crippen MR) is 136 cm³/mol. The number of halogens is 4. The van der Waals surface area contributed by atoms with E-state index >= 15 is 0 Å². The van der Waals surface area contributed by atoms with Crippen molar-refractivity contribution < 1.29 is 31.9 Å². The first-order valence-electron chi connectivity index (χ1n) is 11.4. The molecule has 202 valence electrons. The first-order chi connectivity index (χ1) is 18.7. The second-order valence-electron chi connectivity index (χ2n) is 8.01. The van der Waals surface area contributed by atoms with Gasteiger partial charge in [0.1, 0.15) is 11.6 Å². The minimum Gasteiger partial charge on any atom is -0.497 e. The van der Waals surface area contributed by atoms with Crippen LogP contribution in [-0.4, -0.2) is 39.4 Å². The smallest absolute Gasteiger partial charge is 0.416 e. The average molecular weight is 560 g/mol. The quantitative estimate of drug-likeness (QED) is 0.219. The van der Waals surface area contributed by atoms with Gasteiger partial charge in [-0.15, -0.1) is 10.2 Å². The molecule has 13 heteroatoms. The molecule has 0 bridgehead atoms. The minimum absolute atomic E-state index is 0.0722. The van der Waals surface area contributed by atoms with Gasteiger partial charge in [-0.05, 0) is 54.6 Å². The Morgan fingerprint density at radius 3 is 2.44 bits per heavy atom. The zero-order valence-corrected chi connectivity index (χ0v) is 21.1. The van der Waals surface area contributed by atoms with E-state index in [9.17, 15) is 27.2 Å². The van der Waals surface area contributed by atoms with Gasteiger partial charge in [-0.2, -0.15) is 13.2 Å². The van der Waals surface area contributed by atoms with Gasteiger partial charge in [-0.25, -0.2) is 4.39 Å². The molecule has 39 heavy (non-hydrogen) atoms. The van der Waals surface area contributed by atoms with Crippen LogP contribution in [-0.2, 0) is 17.5 Å². The number of amides is 2. The van der Waals surface area contributed by atoms with E-state index in [4.69, 9.17) is 4.74 Å². The van der Waals surface area contributed by atoms with Gasteiger partial charge in [0.05, 0.1) is 36.2 Å². The highest BCUT2D eigenvalue weighted by Crippen LogP contribution is 2.32. The molecule has 4 aromatic rings. The molecule has 8 nitrogen and oxygen atoms in total. The number of nitrogens with zero attached hydrogens (tertiary/aromatic N) is 3. The lowest BCUT2D eigenvalue weighted by atomic mass is 10.2. The first kappa shape index (κ1) is 27.6. The molecule has 0 aliphatic carbocycles. The van der Waals surface area contributed by atoms with E-state index in [1.165, 1.54) is 42.0 Å². The van der Waals surface area contributed by atoms with Gasteiger partial charge >= 0.3 is 6.18 Å². The van der Waals surface area contributed by atoms with E-state index < -0.39 is 29.4 Å². The summed E-state index contributed by atoms with van der Waals surface area (Å²) >= 11 is 0.943. The molecule has 1 heterocycles. The van der Waals surface area contributed by atoms with Crippen LogP contribution in [0, 0.1) is 5.82 Å². The molecule has 0 saturated heterocycles. The van der Waals surface area contributed by atoms with Crippen molar-refractivity contribution in [3.8, 4) is 11.4 Å². The van der Waals surface area contributed by atoms with Gasteiger partial charge < -0.3 is 15.4 Å². The molecule has 4 rings (SSSR count). The Hall–Kier alpha value is -4.39. The zero-order chi connectivity index (χ0) is 28.0. The van der Waals surface area contributed by atoms with Crippen molar-refractivity contribution in [1.82, 2.24) is 20.1 Å². The van der Waals surface area contributed by atoms with E-state index in [2.05, 4.69) is 20.8 Å². The van der Waals surface area contributed by atoms with Gasteiger partial charge in [0.25, 0.3) is 5.91 Å². The molecule has 0 saturated carbocycles. The number of nitrogens with one attached hydrogen (secondary N) is 2. The fourth-order valence-corrected chi connectivity index (χ4v) is 4.26. The molecule has 2 amide bonds. The van der Waals surface area contributed by atoms with E-state index in [1.807, 2.05) is 0 Å². The Balaban J connectivity index is 1.56. The largest absolute Gasteiger partial charge is 0.497 e. The summed E-state index contributed by atoms with van der Waals surface area (Å²) in [6, 6.07) is 16.5. The van der Waals surface area contributed by atoms with E-state index in [0.29, 0.717) is 11.4 Å². The highest BCUT2D eigenvalue weighted by atomic mass is 32.2. The summed E-state index contributed by atoms with van der Waals surface area (Å²) in [5.74, 6) is -1.29. The monoisotopic (exact) mass is 559 g/mol. The predicted octanol–water partition coefficient (Wildman–Crippen LogP) is 5.09. The summed E-state index contributed by atoms with van der Waals surface area (Å²) < 4.78 is 60.6. The lowest BCUT2D eigenvalue weighted by Gasteiger charge is -2.13. The standard InChI is InChI=1S/C26H21F4N5O3S/c1-38-19-11-9-17(10-12-19)32-23(36)15-39-25-34-33-22(14-31-24(37)20-7-2-3-8-21(20)27)35(25)18-6-4-5-16(13-18)26(28,29)30/h2-13H,14-15H2,1H3,(H,31,37)(H,32,36). The molecule has 0 atom stereocenters. The SMILES string of the molecule is COc1ccc(NC(=O)CSc2nnc(CNC(=O)c3ccccc3F)n2-c2cccc(C(F)(F)F)c2)cc1. The van der Waals surface area contributed by atoms with Crippen molar-refractivity contribution in [2.75, 3.05) is 18.2 Å². The number of hydrogen-bond acceptors (Lipinski definition) is 6. The van der Waals surface area contributed by atoms with Crippen LogP contribution in [0.2, 0.25) is 0 Å². The second-order valence-corrected chi connectivity index (χ2v) is 8.95. The Morgan fingerprint density at radius 1 is 1.00 bits per heavy atom. The van der Waals surface area contributed by atoms with Crippen LogP contribution < -0.4 is 15.4 Å². The topological polar surface area (TPSA) is 98.1 Å². The number of benzene rings is 3. The number of aromatic nitrogens is 3. The number of carbonyl (C=O) groups excluding carboxylic acids is 2. The summed E-state index contributed by atoms with van der Waals surface area (Å²) in [5, 5.41) is 13.4. The van der Waals surface area contributed by atoms with Gasteiger partial charge in [0.2, 0.25) is 5.91 Å². The van der Waals surface area contributed by atoms with Crippen LogP contribution >= 0.6 is 11.8 Å². The van der Waals surface area contributed by atoms with Gasteiger partial charge in [0.15, 0.2) is 11.0 Å². The van der Waals surface area contributed by atoms with E-state index in [-0.39, 0.29) is 34.5 Å². The number of methoxy groups -OCH3 is 1. The summed E-state index contributed by atoms with van der Waals surface area (Å²) in [5.41, 5.74) is -0.504. The number of carbonyl (C=O) groups is 2. The third-order valence-electron chi connectivity index (χ3n) is 5.36. The third-order valence-corrected chi connectivity index (χ3v) is 6.29. The van der Waals surface area contributed by atoms with Crippen LogP contribution in [0.4, 0.5) is 23.2 Å². The summed E-state index contributed by atoms with van der Waals surface area (Å²) in [4.78, 5) is 25.0. The molecule has 0 aliphatic heterocycles. The summed E-state index contributed by atoms with van der Waals surface area (Å²) in [7, 11) is 1.52. The molecular formula is C26H21F4N5O3S. The van der Waals surface area contributed by atoms with Crippen molar-refractivity contribution >= 4 is 29.3 Å². The third kappa shape index (κ3) is 6.93. The Bertz CT molecular complexity index is 1480. The highest BCUT2D eigenvalue weighted by Gasteiger charge is 2.31. The maximum absolute atomic E-state index is 14.0.